The van der Waals surface area contributed by atoms with E-state index in [9.17, 15) is 18.0 Å². The van der Waals surface area contributed by atoms with Crippen LogP contribution in [0.1, 0.15) is 30.0 Å². The van der Waals surface area contributed by atoms with Crippen molar-refractivity contribution in [3.63, 3.8) is 0 Å². The zero-order valence-corrected chi connectivity index (χ0v) is 20.5. The predicted octanol–water partition coefficient (Wildman–Crippen LogP) is 3.88. The summed E-state index contributed by atoms with van der Waals surface area (Å²) in [6.45, 7) is 2.42. The molecule has 8 heteroatoms. The normalized spacial score (nSPS) is 11.1. The summed E-state index contributed by atoms with van der Waals surface area (Å²) in [4.78, 5) is 24.0. The Hall–Kier alpha value is -3.49. The van der Waals surface area contributed by atoms with Crippen LogP contribution < -0.4 is 10.0 Å². The third-order valence-corrected chi connectivity index (χ3v) is 6.79. The maximum Gasteiger partial charge on any atom is 0.310 e. The highest BCUT2D eigenvalue weighted by atomic mass is 32.2. The molecule has 3 rings (SSSR count). The van der Waals surface area contributed by atoms with Crippen LogP contribution >= 0.6 is 0 Å². The van der Waals surface area contributed by atoms with Gasteiger partial charge in [0.25, 0.3) is 0 Å². The summed E-state index contributed by atoms with van der Waals surface area (Å²) in [6, 6.07) is 23.3. The molecule has 0 atom stereocenters. The second kappa shape index (κ2) is 12.8. The van der Waals surface area contributed by atoms with Gasteiger partial charge in [0.05, 0.1) is 17.9 Å². The highest BCUT2D eigenvalue weighted by Gasteiger charge is 2.13. The van der Waals surface area contributed by atoms with Crippen LogP contribution in [-0.4, -0.2) is 33.4 Å². The van der Waals surface area contributed by atoms with E-state index in [0.29, 0.717) is 31.7 Å². The van der Waals surface area contributed by atoms with E-state index in [1.807, 2.05) is 30.3 Å². The molecule has 0 aromatic heterocycles. The van der Waals surface area contributed by atoms with E-state index in [4.69, 9.17) is 4.74 Å². The van der Waals surface area contributed by atoms with Crippen LogP contribution in [0.5, 0.6) is 0 Å². The van der Waals surface area contributed by atoms with Gasteiger partial charge in [-0.15, -0.1) is 0 Å². The summed E-state index contributed by atoms with van der Waals surface area (Å²) in [5.74, 6) is -0.437. The molecule has 7 nitrogen and oxygen atoms in total. The number of benzene rings is 3. The van der Waals surface area contributed by atoms with Gasteiger partial charge >= 0.3 is 5.97 Å². The molecule has 35 heavy (non-hydrogen) atoms. The number of carbonyl (C=O) groups is 2. The summed E-state index contributed by atoms with van der Waals surface area (Å²) < 4.78 is 32.6. The van der Waals surface area contributed by atoms with Crippen molar-refractivity contribution >= 4 is 27.6 Å². The fraction of sp³-hybridized carbons (Fsp3) is 0.259. The van der Waals surface area contributed by atoms with Crippen LogP contribution in [0.15, 0.2) is 83.8 Å². The lowest BCUT2D eigenvalue weighted by Crippen LogP contribution is -2.26. The number of amides is 1. The van der Waals surface area contributed by atoms with E-state index >= 15 is 0 Å². The van der Waals surface area contributed by atoms with Crippen molar-refractivity contribution in [2.24, 2.45) is 0 Å². The number of hydrogen-bond donors (Lipinski definition) is 2. The number of carbonyl (C=O) groups excluding carboxylic acids is 2. The zero-order chi connectivity index (χ0) is 25.1. The summed E-state index contributed by atoms with van der Waals surface area (Å²) in [7, 11) is -3.59. The molecule has 0 unspecified atom stereocenters. The third-order valence-electron chi connectivity index (χ3n) is 5.31. The van der Waals surface area contributed by atoms with E-state index in [2.05, 4.69) is 10.0 Å². The number of sulfonamides is 1. The second-order valence-electron chi connectivity index (χ2n) is 8.00. The Morgan fingerprint density at radius 2 is 1.43 bits per heavy atom. The molecule has 0 spiro atoms. The highest BCUT2D eigenvalue weighted by molar-refractivity contribution is 7.89. The molecule has 0 aliphatic carbocycles. The molecular weight excluding hydrogens is 464 g/mol. The van der Waals surface area contributed by atoms with Crippen LogP contribution in [0.4, 0.5) is 5.69 Å². The Bertz CT molecular complexity index is 1210. The van der Waals surface area contributed by atoms with Gasteiger partial charge in [0.15, 0.2) is 0 Å². The average molecular weight is 495 g/mol. The molecule has 0 aliphatic heterocycles. The van der Waals surface area contributed by atoms with Crippen LogP contribution in [0.3, 0.4) is 0 Å². The van der Waals surface area contributed by atoms with Crippen molar-refractivity contribution in [3.05, 3.63) is 95.6 Å². The van der Waals surface area contributed by atoms with Gasteiger partial charge < -0.3 is 10.1 Å². The lowest BCUT2D eigenvalue weighted by Gasteiger charge is -2.09. The Kier molecular flexibility index (Phi) is 9.57. The molecule has 0 radical (unpaired) electrons. The summed E-state index contributed by atoms with van der Waals surface area (Å²) in [6.07, 6.45) is 1.54. The fourth-order valence-corrected chi connectivity index (χ4v) is 4.49. The first-order valence-corrected chi connectivity index (χ1v) is 13.0. The average Bonchev–Trinajstić information content (AvgIpc) is 2.85. The minimum atomic E-state index is -3.59. The highest BCUT2D eigenvalue weighted by Crippen LogP contribution is 2.14. The van der Waals surface area contributed by atoms with E-state index < -0.39 is 10.0 Å². The molecule has 2 N–H and O–H groups in total. The van der Waals surface area contributed by atoms with Crippen LogP contribution in [-0.2, 0) is 43.6 Å². The zero-order valence-electron chi connectivity index (χ0n) is 19.7. The van der Waals surface area contributed by atoms with Crippen molar-refractivity contribution in [2.75, 3.05) is 18.5 Å². The first-order chi connectivity index (χ1) is 16.9. The SMILES string of the molecule is CCOC(=O)Cc1ccc(NC(=O)CCc2ccc(S(=O)(=O)NCCc3ccccc3)cc2)cc1. The number of rotatable bonds is 12. The molecular formula is C27H30N2O5S. The van der Waals surface area contributed by atoms with Gasteiger partial charge in [-0.3, -0.25) is 9.59 Å². The van der Waals surface area contributed by atoms with Gasteiger partial charge in [-0.05, 0) is 60.7 Å². The van der Waals surface area contributed by atoms with Crippen molar-refractivity contribution in [1.82, 2.24) is 4.72 Å². The number of hydrogen-bond acceptors (Lipinski definition) is 5. The van der Waals surface area contributed by atoms with Crippen molar-refractivity contribution in [3.8, 4) is 0 Å². The third kappa shape index (κ3) is 8.66. The Balaban J connectivity index is 1.44. The van der Waals surface area contributed by atoms with E-state index in [1.165, 1.54) is 0 Å². The summed E-state index contributed by atoms with van der Waals surface area (Å²) in [5.41, 5.74) is 3.39. The van der Waals surface area contributed by atoms with Gasteiger partial charge in [-0.25, -0.2) is 13.1 Å². The lowest BCUT2D eigenvalue weighted by atomic mass is 10.1. The van der Waals surface area contributed by atoms with Gasteiger partial charge in [0.1, 0.15) is 0 Å². The predicted molar refractivity (Wildman–Crippen MR) is 136 cm³/mol. The molecule has 0 fully saturated rings. The molecule has 0 heterocycles. The van der Waals surface area contributed by atoms with Crippen molar-refractivity contribution in [1.29, 1.82) is 0 Å². The Labute approximate surface area is 206 Å². The summed E-state index contributed by atoms with van der Waals surface area (Å²) in [5, 5.41) is 2.83. The summed E-state index contributed by atoms with van der Waals surface area (Å²) >= 11 is 0. The minimum absolute atomic E-state index is 0.151. The minimum Gasteiger partial charge on any atom is -0.466 e. The number of aryl methyl sites for hydroxylation is 1. The van der Waals surface area contributed by atoms with Crippen molar-refractivity contribution in [2.45, 2.75) is 37.5 Å². The number of esters is 1. The van der Waals surface area contributed by atoms with Gasteiger partial charge in [0.2, 0.25) is 15.9 Å². The quantitative estimate of drug-likeness (QED) is 0.372. The van der Waals surface area contributed by atoms with Crippen molar-refractivity contribution < 1.29 is 22.7 Å². The molecule has 0 aliphatic rings. The molecule has 3 aromatic carbocycles. The topological polar surface area (TPSA) is 102 Å². The molecule has 0 saturated heterocycles. The van der Waals surface area contributed by atoms with Gasteiger partial charge in [-0.2, -0.15) is 0 Å². The van der Waals surface area contributed by atoms with E-state index in [-0.39, 0.29) is 29.6 Å². The molecule has 0 bridgehead atoms. The first-order valence-electron chi connectivity index (χ1n) is 11.5. The number of anilines is 1. The number of nitrogens with one attached hydrogen (secondary N) is 2. The maximum absolute atomic E-state index is 12.5. The van der Waals surface area contributed by atoms with Gasteiger partial charge in [0, 0.05) is 18.7 Å². The molecule has 1 amide bonds. The lowest BCUT2D eigenvalue weighted by molar-refractivity contribution is -0.142. The maximum atomic E-state index is 12.5. The Morgan fingerprint density at radius 1 is 0.800 bits per heavy atom. The molecule has 3 aromatic rings. The van der Waals surface area contributed by atoms with E-state index in [0.717, 1.165) is 16.7 Å². The fourth-order valence-electron chi connectivity index (χ4n) is 3.46. The molecule has 184 valence electrons. The van der Waals surface area contributed by atoms with Crippen LogP contribution in [0, 0.1) is 0 Å². The van der Waals surface area contributed by atoms with Crippen LogP contribution in [0.2, 0.25) is 0 Å². The van der Waals surface area contributed by atoms with Gasteiger partial charge in [-0.1, -0.05) is 54.6 Å². The number of ether oxygens (including phenoxy) is 1. The van der Waals surface area contributed by atoms with Crippen LogP contribution in [0.25, 0.3) is 0 Å². The largest absolute Gasteiger partial charge is 0.466 e. The first kappa shape index (κ1) is 26.1. The Morgan fingerprint density at radius 3 is 2.09 bits per heavy atom. The van der Waals surface area contributed by atoms with E-state index in [1.54, 1.807) is 55.5 Å². The standard InChI is InChI=1S/C27H30N2O5S/c1-2-34-27(31)20-23-8-13-24(14-9-23)29-26(30)17-12-22-10-15-25(16-11-22)35(32,33)28-19-18-21-6-4-3-5-7-21/h3-11,13-16,28H,2,12,17-20H2,1H3,(H,29,30). The second-order valence-corrected chi connectivity index (χ2v) is 9.77. The monoisotopic (exact) mass is 494 g/mol. The molecule has 0 saturated carbocycles. The smallest absolute Gasteiger partial charge is 0.310 e.